The van der Waals surface area contributed by atoms with Gasteiger partial charge in [-0.15, -0.1) is 0 Å². The fraction of sp³-hybridized carbons (Fsp3) is 0.200. The van der Waals surface area contributed by atoms with Crippen LogP contribution in [-0.4, -0.2) is 16.9 Å². The first-order chi connectivity index (χ1) is 14.7. The Labute approximate surface area is 181 Å². The Balaban J connectivity index is 2.20. The monoisotopic (exact) mass is 414 g/mol. The molecule has 3 aromatic rings. The first kappa shape index (κ1) is 21.7. The highest BCUT2D eigenvalue weighted by Crippen LogP contribution is 2.36. The summed E-state index contributed by atoms with van der Waals surface area (Å²) in [5, 5.41) is 9.75. The molecular formula is C25H22N2O4. The van der Waals surface area contributed by atoms with E-state index in [1.165, 1.54) is 19.4 Å². The molecule has 0 spiro atoms. The lowest BCUT2D eigenvalue weighted by molar-refractivity contribution is -0.134. The van der Waals surface area contributed by atoms with Crippen LogP contribution in [0.4, 0.5) is 0 Å². The van der Waals surface area contributed by atoms with Gasteiger partial charge in [0.05, 0.1) is 17.0 Å². The fourth-order valence-electron chi connectivity index (χ4n) is 3.24. The molecule has 1 aromatic heterocycles. The van der Waals surface area contributed by atoms with Gasteiger partial charge in [0.1, 0.15) is 6.07 Å². The summed E-state index contributed by atoms with van der Waals surface area (Å²) in [6.45, 7) is 8.39. The molecule has 0 aliphatic heterocycles. The normalized spacial score (nSPS) is 10.3. The van der Waals surface area contributed by atoms with E-state index in [0.717, 1.165) is 16.8 Å². The van der Waals surface area contributed by atoms with E-state index in [0.29, 0.717) is 22.4 Å². The van der Waals surface area contributed by atoms with Crippen molar-refractivity contribution in [3.63, 3.8) is 0 Å². The number of hydrogen-bond acceptors (Lipinski definition) is 6. The molecular weight excluding hydrogens is 392 g/mol. The molecule has 3 rings (SSSR count). The van der Waals surface area contributed by atoms with Gasteiger partial charge in [-0.2, -0.15) is 5.26 Å². The van der Waals surface area contributed by atoms with Crippen LogP contribution in [0.3, 0.4) is 0 Å². The Hall–Kier alpha value is -3.98. The van der Waals surface area contributed by atoms with Gasteiger partial charge in [-0.25, -0.2) is 0 Å². The third-order valence-corrected chi connectivity index (χ3v) is 4.88. The van der Waals surface area contributed by atoms with Gasteiger partial charge in [-0.1, -0.05) is 18.2 Å². The first-order valence-corrected chi connectivity index (χ1v) is 9.70. The quantitative estimate of drug-likeness (QED) is 0.438. The zero-order valence-corrected chi connectivity index (χ0v) is 18.1. The van der Waals surface area contributed by atoms with Crippen molar-refractivity contribution < 1.29 is 19.1 Å². The van der Waals surface area contributed by atoms with Crippen LogP contribution in [0.5, 0.6) is 11.5 Å². The number of esters is 2. The van der Waals surface area contributed by atoms with E-state index in [2.05, 4.69) is 17.1 Å². The average Bonchev–Trinajstić information content (AvgIpc) is 2.70. The lowest BCUT2D eigenvalue weighted by Gasteiger charge is -2.14. The molecule has 2 aromatic carbocycles. The molecule has 0 fully saturated rings. The zero-order valence-electron chi connectivity index (χ0n) is 18.1. The summed E-state index contributed by atoms with van der Waals surface area (Å²) in [5.74, 6) is -0.847. The molecule has 0 amide bonds. The Morgan fingerprint density at radius 1 is 0.839 bits per heavy atom. The van der Waals surface area contributed by atoms with E-state index in [-0.39, 0.29) is 11.5 Å². The minimum absolute atomic E-state index is 0.103. The van der Waals surface area contributed by atoms with Gasteiger partial charge in [-0.05, 0) is 61.7 Å². The maximum atomic E-state index is 11.5. The summed E-state index contributed by atoms with van der Waals surface area (Å²) in [6.07, 6.45) is 0. The molecule has 0 bridgehead atoms. The van der Waals surface area contributed by atoms with E-state index in [9.17, 15) is 14.9 Å². The minimum Gasteiger partial charge on any atom is -0.423 e. The molecule has 6 nitrogen and oxygen atoms in total. The van der Waals surface area contributed by atoms with E-state index in [1.807, 2.05) is 32.0 Å². The number of nitrogens with zero attached hydrogens (tertiary/aromatic N) is 2. The lowest BCUT2D eigenvalue weighted by atomic mass is 9.96. The van der Waals surface area contributed by atoms with Crippen LogP contribution in [0, 0.1) is 32.1 Å². The SMILES string of the molecule is CC(=O)Oc1ccc(-c2cc(-c3ccc(C)c(C)c3)nc(C)c2C#N)cc1OC(C)=O. The van der Waals surface area contributed by atoms with Gasteiger partial charge < -0.3 is 9.47 Å². The Morgan fingerprint density at radius 2 is 1.48 bits per heavy atom. The van der Waals surface area contributed by atoms with Gasteiger partial charge >= 0.3 is 11.9 Å². The molecule has 0 aliphatic rings. The van der Waals surface area contributed by atoms with E-state index < -0.39 is 11.9 Å². The second-order valence-electron chi connectivity index (χ2n) is 7.28. The highest BCUT2D eigenvalue weighted by molar-refractivity contribution is 5.80. The van der Waals surface area contributed by atoms with Crippen molar-refractivity contribution in [2.24, 2.45) is 0 Å². The van der Waals surface area contributed by atoms with Gasteiger partial charge in [0.25, 0.3) is 0 Å². The van der Waals surface area contributed by atoms with Crippen molar-refractivity contribution >= 4 is 11.9 Å². The Morgan fingerprint density at radius 3 is 2.10 bits per heavy atom. The average molecular weight is 414 g/mol. The highest BCUT2D eigenvalue weighted by Gasteiger charge is 2.17. The number of rotatable bonds is 4. The Bertz CT molecular complexity index is 1240. The highest BCUT2D eigenvalue weighted by atomic mass is 16.6. The Kier molecular flexibility index (Phi) is 6.17. The maximum absolute atomic E-state index is 11.5. The summed E-state index contributed by atoms with van der Waals surface area (Å²) in [6, 6.07) is 15.0. The maximum Gasteiger partial charge on any atom is 0.308 e. The summed E-state index contributed by atoms with van der Waals surface area (Å²) < 4.78 is 10.4. The molecule has 0 atom stereocenters. The molecule has 156 valence electrons. The van der Waals surface area contributed by atoms with Crippen LogP contribution in [-0.2, 0) is 9.59 Å². The number of benzene rings is 2. The number of carbonyl (C=O) groups excluding carboxylic acids is 2. The van der Waals surface area contributed by atoms with Gasteiger partial charge in [0.15, 0.2) is 11.5 Å². The third-order valence-electron chi connectivity index (χ3n) is 4.88. The molecule has 6 heteroatoms. The zero-order chi connectivity index (χ0) is 22.7. The van der Waals surface area contributed by atoms with Crippen molar-refractivity contribution in [1.82, 2.24) is 4.98 Å². The summed E-state index contributed by atoms with van der Waals surface area (Å²) in [5.41, 5.74) is 6.28. The van der Waals surface area contributed by atoms with Crippen molar-refractivity contribution in [3.05, 3.63) is 64.8 Å². The van der Waals surface area contributed by atoms with Crippen molar-refractivity contribution in [2.45, 2.75) is 34.6 Å². The molecule has 0 unspecified atom stereocenters. The summed E-state index contributed by atoms with van der Waals surface area (Å²) >= 11 is 0. The number of aryl methyl sites for hydroxylation is 3. The number of nitriles is 1. The van der Waals surface area contributed by atoms with E-state index in [1.54, 1.807) is 25.1 Å². The van der Waals surface area contributed by atoms with Gasteiger partial charge in [0.2, 0.25) is 0 Å². The van der Waals surface area contributed by atoms with Crippen LogP contribution in [0.15, 0.2) is 42.5 Å². The van der Waals surface area contributed by atoms with Gasteiger partial charge in [-0.3, -0.25) is 14.6 Å². The minimum atomic E-state index is -0.548. The number of ether oxygens (including phenoxy) is 2. The largest absolute Gasteiger partial charge is 0.423 e. The molecule has 0 radical (unpaired) electrons. The van der Waals surface area contributed by atoms with E-state index in [4.69, 9.17) is 9.47 Å². The molecule has 0 N–H and O–H groups in total. The van der Waals surface area contributed by atoms with Crippen LogP contribution in [0.2, 0.25) is 0 Å². The molecule has 31 heavy (non-hydrogen) atoms. The molecule has 0 aliphatic carbocycles. The topological polar surface area (TPSA) is 89.3 Å². The number of aromatic nitrogens is 1. The van der Waals surface area contributed by atoms with Crippen molar-refractivity contribution in [2.75, 3.05) is 0 Å². The van der Waals surface area contributed by atoms with Crippen LogP contribution in [0.25, 0.3) is 22.4 Å². The fourth-order valence-corrected chi connectivity index (χ4v) is 3.24. The predicted octanol–water partition coefficient (Wildman–Crippen LogP) is 5.06. The number of pyridine rings is 1. The van der Waals surface area contributed by atoms with Crippen molar-refractivity contribution in [3.8, 4) is 40.0 Å². The van der Waals surface area contributed by atoms with Crippen molar-refractivity contribution in [1.29, 1.82) is 5.26 Å². The predicted molar refractivity (Wildman–Crippen MR) is 117 cm³/mol. The second-order valence-corrected chi connectivity index (χ2v) is 7.28. The van der Waals surface area contributed by atoms with Crippen LogP contribution in [0.1, 0.15) is 36.2 Å². The number of carbonyl (C=O) groups is 2. The van der Waals surface area contributed by atoms with E-state index >= 15 is 0 Å². The third kappa shape index (κ3) is 4.78. The van der Waals surface area contributed by atoms with Crippen LogP contribution >= 0.6 is 0 Å². The number of hydrogen-bond donors (Lipinski definition) is 0. The summed E-state index contributed by atoms with van der Waals surface area (Å²) in [7, 11) is 0. The smallest absolute Gasteiger partial charge is 0.308 e. The van der Waals surface area contributed by atoms with Gasteiger partial charge in [0, 0.05) is 25.0 Å². The van der Waals surface area contributed by atoms with Crippen LogP contribution < -0.4 is 9.47 Å². The summed E-state index contributed by atoms with van der Waals surface area (Å²) in [4.78, 5) is 27.6. The molecule has 0 saturated carbocycles. The molecule has 1 heterocycles. The first-order valence-electron chi connectivity index (χ1n) is 9.70. The molecule has 0 saturated heterocycles. The standard InChI is InChI=1S/C25H22N2O4/c1-14-6-7-20(10-15(14)2)23-12-21(22(13-26)16(3)27-23)19-8-9-24(30-17(4)28)25(11-19)31-18(5)29/h6-12H,1-5H3. The lowest BCUT2D eigenvalue weighted by Crippen LogP contribution is -2.07. The second kappa shape index (κ2) is 8.80.